The predicted octanol–water partition coefficient (Wildman–Crippen LogP) is 2.53. The molecule has 0 unspecified atom stereocenters. The number of nitrogens with zero attached hydrogens (tertiary/aromatic N) is 3. The molecule has 0 spiro atoms. The number of benzene rings is 1. The summed E-state index contributed by atoms with van der Waals surface area (Å²) in [5.74, 6) is 2.56. The Balaban J connectivity index is 1.70. The largest absolute Gasteiger partial charge is 0.465 e. The van der Waals surface area contributed by atoms with Crippen LogP contribution in [-0.2, 0) is 16.1 Å². The zero-order chi connectivity index (χ0) is 16.9. The molecule has 1 aromatic heterocycles. The molecule has 0 amide bonds. The summed E-state index contributed by atoms with van der Waals surface area (Å²) in [4.78, 5) is 14.2. The Labute approximate surface area is 145 Å². The van der Waals surface area contributed by atoms with E-state index in [1.165, 1.54) is 5.56 Å². The summed E-state index contributed by atoms with van der Waals surface area (Å²) in [6, 6.07) is 7.70. The lowest BCUT2D eigenvalue weighted by molar-refractivity contribution is -0.149. The van der Waals surface area contributed by atoms with Crippen molar-refractivity contribution in [1.29, 1.82) is 0 Å². The molecule has 0 radical (unpaired) electrons. The standard InChI is InChI=1S/C17H21N3O3S/c1-3-22-17(21)14-11-24-9-8-20(14)10-15-18-19-16(23-15)13-6-4-12(2)5-7-13/h4-7,14H,3,8-11H2,1-2H3/t14-/m1/s1. The second-order valence-electron chi connectivity index (χ2n) is 5.68. The quantitative estimate of drug-likeness (QED) is 0.770. The molecule has 0 N–H and O–H groups in total. The third-order valence-electron chi connectivity index (χ3n) is 3.90. The van der Waals surface area contributed by atoms with Crippen LogP contribution < -0.4 is 0 Å². The Hall–Kier alpha value is -1.86. The molecule has 1 aliphatic rings. The molecule has 2 aromatic rings. The molecule has 1 saturated heterocycles. The highest BCUT2D eigenvalue weighted by Gasteiger charge is 2.31. The van der Waals surface area contributed by atoms with Crippen LogP contribution in [0.4, 0.5) is 0 Å². The van der Waals surface area contributed by atoms with Crippen molar-refractivity contribution in [2.24, 2.45) is 0 Å². The first-order valence-electron chi connectivity index (χ1n) is 8.05. The maximum atomic E-state index is 12.1. The van der Waals surface area contributed by atoms with E-state index < -0.39 is 0 Å². The topological polar surface area (TPSA) is 68.5 Å². The summed E-state index contributed by atoms with van der Waals surface area (Å²) < 4.78 is 11.0. The van der Waals surface area contributed by atoms with Gasteiger partial charge in [-0.2, -0.15) is 11.8 Å². The maximum Gasteiger partial charge on any atom is 0.324 e. The minimum absolute atomic E-state index is 0.178. The molecule has 2 heterocycles. The molecule has 6 nitrogen and oxygen atoms in total. The predicted molar refractivity (Wildman–Crippen MR) is 92.6 cm³/mol. The van der Waals surface area contributed by atoms with Crippen molar-refractivity contribution in [2.75, 3.05) is 24.7 Å². The van der Waals surface area contributed by atoms with Gasteiger partial charge in [-0.3, -0.25) is 9.69 Å². The lowest BCUT2D eigenvalue weighted by Crippen LogP contribution is -2.47. The van der Waals surface area contributed by atoms with E-state index in [4.69, 9.17) is 9.15 Å². The molecule has 0 aliphatic carbocycles. The smallest absolute Gasteiger partial charge is 0.324 e. The van der Waals surface area contributed by atoms with Gasteiger partial charge in [-0.1, -0.05) is 17.7 Å². The van der Waals surface area contributed by atoms with E-state index in [0.717, 1.165) is 23.6 Å². The summed E-state index contributed by atoms with van der Waals surface area (Å²) in [6.45, 7) is 5.52. The fourth-order valence-corrected chi connectivity index (χ4v) is 3.69. The van der Waals surface area contributed by atoms with Gasteiger partial charge >= 0.3 is 5.97 Å². The molecule has 7 heteroatoms. The van der Waals surface area contributed by atoms with Gasteiger partial charge in [0, 0.05) is 23.6 Å². The zero-order valence-electron chi connectivity index (χ0n) is 13.9. The number of hydrogen-bond donors (Lipinski definition) is 0. The van der Waals surface area contributed by atoms with Gasteiger partial charge in [-0.25, -0.2) is 0 Å². The van der Waals surface area contributed by atoms with E-state index >= 15 is 0 Å². The van der Waals surface area contributed by atoms with Crippen molar-refractivity contribution >= 4 is 17.7 Å². The molecule has 1 aromatic carbocycles. The number of carbonyl (C=O) groups excluding carboxylic acids is 1. The van der Waals surface area contributed by atoms with Gasteiger partial charge in [0.1, 0.15) is 6.04 Å². The highest BCUT2D eigenvalue weighted by molar-refractivity contribution is 7.99. The minimum Gasteiger partial charge on any atom is -0.465 e. The Morgan fingerprint density at radius 2 is 2.17 bits per heavy atom. The molecule has 128 valence electrons. The molecule has 24 heavy (non-hydrogen) atoms. The number of aryl methyl sites for hydroxylation is 1. The highest BCUT2D eigenvalue weighted by atomic mass is 32.2. The number of carbonyl (C=O) groups is 1. The van der Waals surface area contributed by atoms with Gasteiger partial charge < -0.3 is 9.15 Å². The van der Waals surface area contributed by atoms with Gasteiger partial charge in [-0.05, 0) is 26.0 Å². The average molecular weight is 347 g/mol. The SMILES string of the molecule is CCOC(=O)[C@H]1CSCCN1Cc1nnc(-c2ccc(C)cc2)o1. The molecule has 1 aliphatic heterocycles. The molecule has 1 fully saturated rings. The minimum atomic E-state index is -0.251. The van der Waals surface area contributed by atoms with E-state index in [9.17, 15) is 4.79 Å². The molecular formula is C17H21N3O3S. The molecule has 3 rings (SSSR count). The monoisotopic (exact) mass is 347 g/mol. The van der Waals surface area contributed by atoms with Crippen LogP contribution in [0.1, 0.15) is 18.4 Å². The maximum absolute atomic E-state index is 12.1. The molecule has 1 atom stereocenters. The van der Waals surface area contributed by atoms with E-state index in [0.29, 0.717) is 24.9 Å². The Morgan fingerprint density at radius 1 is 1.38 bits per heavy atom. The van der Waals surface area contributed by atoms with Crippen LogP contribution >= 0.6 is 11.8 Å². The number of esters is 1. The van der Waals surface area contributed by atoms with Crippen LogP contribution in [-0.4, -0.2) is 51.8 Å². The average Bonchev–Trinajstić information content (AvgIpc) is 3.05. The van der Waals surface area contributed by atoms with Crippen LogP contribution in [0.5, 0.6) is 0 Å². The van der Waals surface area contributed by atoms with Gasteiger partial charge in [0.2, 0.25) is 11.8 Å². The Bertz CT molecular complexity index is 687. The van der Waals surface area contributed by atoms with Crippen molar-refractivity contribution in [3.8, 4) is 11.5 Å². The summed E-state index contributed by atoms with van der Waals surface area (Å²) in [6.07, 6.45) is 0. The second kappa shape index (κ2) is 7.81. The van der Waals surface area contributed by atoms with Crippen molar-refractivity contribution < 1.29 is 13.9 Å². The number of hydrogen-bond acceptors (Lipinski definition) is 7. The lowest BCUT2D eigenvalue weighted by Gasteiger charge is -2.32. The van der Waals surface area contributed by atoms with Gasteiger partial charge in [0.15, 0.2) is 0 Å². The first-order valence-corrected chi connectivity index (χ1v) is 9.20. The van der Waals surface area contributed by atoms with Crippen molar-refractivity contribution in [2.45, 2.75) is 26.4 Å². The van der Waals surface area contributed by atoms with E-state index in [1.54, 1.807) is 11.8 Å². The third-order valence-corrected chi connectivity index (χ3v) is 4.92. The van der Waals surface area contributed by atoms with Crippen LogP contribution in [0.15, 0.2) is 28.7 Å². The van der Waals surface area contributed by atoms with Crippen LogP contribution in [0.2, 0.25) is 0 Å². The summed E-state index contributed by atoms with van der Waals surface area (Å²) in [7, 11) is 0. The lowest BCUT2D eigenvalue weighted by atomic mass is 10.1. The van der Waals surface area contributed by atoms with Gasteiger partial charge in [0.25, 0.3) is 0 Å². The molecular weight excluding hydrogens is 326 g/mol. The Morgan fingerprint density at radius 3 is 2.92 bits per heavy atom. The molecule has 0 saturated carbocycles. The first kappa shape index (κ1) is 17.0. The summed E-state index contributed by atoms with van der Waals surface area (Å²) >= 11 is 1.77. The normalized spacial score (nSPS) is 18.5. The molecule has 0 bridgehead atoms. The second-order valence-corrected chi connectivity index (χ2v) is 6.83. The summed E-state index contributed by atoms with van der Waals surface area (Å²) in [5.41, 5.74) is 2.08. The first-order chi connectivity index (χ1) is 11.7. The van der Waals surface area contributed by atoms with Crippen LogP contribution in [0.25, 0.3) is 11.5 Å². The summed E-state index contributed by atoms with van der Waals surface area (Å²) in [5, 5.41) is 8.25. The van der Waals surface area contributed by atoms with Crippen molar-refractivity contribution in [1.82, 2.24) is 15.1 Å². The number of ether oxygens (including phenoxy) is 1. The van der Waals surface area contributed by atoms with Gasteiger partial charge in [0.05, 0.1) is 13.2 Å². The number of rotatable bonds is 5. The highest BCUT2D eigenvalue weighted by Crippen LogP contribution is 2.22. The Kier molecular flexibility index (Phi) is 5.52. The third kappa shape index (κ3) is 3.96. The van der Waals surface area contributed by atoms with E-state index in [1.807, 2.05) is 38.1 Å². The van der Waals surface area contributed by atoms with Crippen LogP contribution in [0, 0.1) is 6.92 Å². The van der Waals surface area contributed by atoms with Crippen molar-refractivity contribution in [3.63, 3.8) is 0 Å². The number of aromatic nitrogens is 2. The zero-order valence-corrected chi connectivity index (χ0v) is 14.7. The van der Waals surface area contributed by atoms with E-state index in [-0.39, 0.29) is 12.0 Å². The number of thioether (sulfide) groups is 1. The van der Waals surface area contributed by atoms with Gasteiger partial charge in [-0.15, -0.1) is 10.2 Å². The van der Waals surface area contributed by atoms with Crippen molar-refractivity contribution in [3.05, 3.63) is 35.7 Å². The fraction of sp³-hybridized carbons (Fsp3) is 0.471. The van der Waals surface area contributed by atoms with Crippen LogP contribution in [0.3, 0.4) is 0 Å². The van der Waals surface area contributed by atoms with E-state index in [2.05, 4.69) is 15.1 Å². The fourth-order valence-electron chi connectivity index (χ4n) is 2.59.